The Bertz CT molecular complexity index is 370. The Hall–Kier alpha value is -0.970. The van der Waals surface area contributed by atoms with E-state index < -0.39 is 11.6 Å². The third-order valence-corrected chi connectivity index (χ3v) is 2.40. The van der Waals surface area contributed by atoms with Crippen LogP contribution in [-0.2, 0) is 4.79 Å². The van der Waals surface area contributed by atoms with Gasteiger partial charge in [-0.25, -0.2) is 8.78 Å². The quantitative estimate of drug-likeness (QED) is 0.883. The second-order valence-electron chi connectivity index (χ2n) is 3.39. The second kappa shape index (κ2) is 4.70. The molecule has 0 unspecified atom stereocenters. The van der Waals surface area contributed by atoms with Crippen LogP contribution in [0.25, 0.3) is 0 Å². The van der Waals surface area contributed by atoms with E-state index in [1.54, 1.807) is 13.8 Å². The zero-order valence-corrected chi connectivity index (χ0v) is 9.86. The standard InChI is InChI=1S/C10H10BrF2NO/c1-5(2)10(15)14-9-7(11)3-6(12)4-8(9)13/h3-5H,1-2H3,(H,14,15). The Labute approximate surface area is 94.8 Å². The van der Waals surface area contributed by atoms with Gasteiger partial charge in [-0.05, 0) is 22.0 Å². The maximum Gasteiger partial charge on any atom is 0.227 e. The summed E-state index contributed by atoms with van der Waals surface area (Å²) < 4.78 is 26.2. The Morgan fingerprint density at radius 1 is 1.40 bits per heavy atom. The molecule has 2 nitrogen and oxygen atoms in total. The Kier molecular flexibility index (Phi) is 3.79. The lowest BCUT2D eigenvalue weighted by atomic mass is 10.2. The number of halogens is 3. The van der Waals surface area contributed by atoms with Crippen molar-refractivity contribution in [2.24, 2.45) is 5.92 Å². The van der Waals surface area contributed by atoms with Gasteiger partial charge in [-0.3, -0.25) is 4.79 Å². The van der Waals surface area contributed by atoms with Crippen LogP contribution in [-0.4, -0.2) is 5.91 Å². The van der Waals surface area contributed by atoms with Gasteiger partial charge in [0.2, 0.25) is 5.91 Å². The third-order valence-electron chi connectivity index (χ3n) is 1.78. The molecule has 1 N–H and O–H groups in total. The number of nitrogens with one attached hydrogen (secondary N) is 1. The molecule has 0 aliphatic heterocycles. The normalized spacial score (nSPS) is 10.5. The number of anilines is 1. The van der Waals surface area contributed by atoms with E-state index in [1.807, 2.05) is 0 Å². The van der Waals surface area contributed by atoms with Crippen molar-refractivity contribution < 1.29 is 13.6 Å². The van der Waals surface area contributed by atoms with Crippen LogP contribution >= 0.6 is 15.9 Å². The molecule has 15 heavy (non-hydrogen) atoms. The Balaban J connectivity index is 3.00. The predicted octanol–water partition coefficient (Wildman–Crippen LogP) is 3.32. The van der Waals surface area contributed by atoms with Crippen molar-refractivity contribution in [3.05, 3.63) is 28.2 Å². The highest BCUT2D eigenvalue weighted by molar-refractivity contribution is 9.10. The van der Waals surface area contributed by atoms with Crippen LogP contribution in [0.15, 0.2) is 16.6 Å². The number of carbonyl (C=O) groups excluding carboxylic acids is 1. The zero-order valence-electron chi connectivity index (χ0n) is 8.27. The summed E-state index contributed by atoms with van der Waals surface area (Å²) in [6, 6.07) is 1.82. The molecule has 1 amide bonds. The molecule has 0 bridgehead atoms. The van der Waals surface area contributed by atoms with E-state index in [0.717, 1.165) is 12.1 Å². The van der Waals surface area contributed by atoms with E-state index in [4.69, 9.17) is 0 Å². The zero-order chi connectivity index (χ0) is 11.6. The molecule has 0 saturated heterocycles. The lowest BCUT2D eigenvalue weighted by Crippen LogP contribution is -2.19. The fourth-order valence-corrected chi connectivity index (χ4v) is 1.44. The molecule has 0 radical (unpaired) electrons. The molecule has 0 saturated carbocycles. The highest BCUT2D eigenvalue weighted by atomic mass is 79.9. The number of amides is 1. The lowest BCUT2D eigenvalue weighted by Gasteiger charge is -2.10. The summed E-state index contributed by atoms with van der Waals surface area (Å²) in [6.45, 7) is 3.37. The van der Waals surface area contributed by atoms with Gasteiger partial charge >= 0.3 is 0 Å². The molecule has 0 fully saturated rings. The maximum atomic E-state index is 13.3. The molecule has 0 spiro atoms. The van der Waals surface area contributed by atoms with Gasteiger partial charge in [0.05, 0.1) is 5.69 Å². The molecule has 0 atom stereocenters. The predicted molar refractivity (Wildman–Crippen MR) is 57.5 cm³/mol. The first kappa shape index (κ1) is 12.1. The maximum absolute atomic E-state index is 13.3. The van der Waals surface area contributed by atoms with Crippen LogP contribution in [0.3, 0.4) is 0 Å². The minimum absolute atomic E-state index is 0.0323. The van der Waals surface area contributed by atoms with E-state index in [-0.39, 0.29) is 22.0 Å². The van der Waals surface area contributed by atoms with E-state index in [2.05, 4.69) is 21.2 Å². The lowest BCUT2D eigenvalue weighted by molar-refractivity contribution is -0.118. The molecule has 0 aliphatic rings. The Morgan fingerprint density at radius 3 is 2.47 bits per heavy atom. The monoisotopic (exact) mass is 277 g/mol. The molecule has 1 aromatic rings. The summed E-state index contributed by atoms with van der Waals surface area (Å²) in [7, 11) is 0. The van der Waals surface area contributed by atoms with Gasteiger partial charge in [-0.1, -0.05) is 13.8 Å². The summed E-state index contributed by atoms with van der Waals surface area (Å²) in [5.41, 5.74) is -0.0323. The van der Waals surface area contributed by atoms with Crippen molar-refractivity contribution in [1.29, 1.82) is 0 Å². The summed E-state index contributed by atoms with van der Waals surface area (Å²) in [5.74, 6) is -2.07. The minimum atomic E-state index is -0.795. The first-order chi connectivity index (χ1) is 6.91. The summed E-state index contributed by atoms with van der Waals surface area (Å²) in [4.78, 5) is 11.3. The topological polar surface area (TPSA) is 29.1 Å². The molecular weight excluding hydrogens is 268 g/mol. The number of hydrogen-bond donors (Lipinski definition) is 1. The average molecular weight is 278 g/mol. The highest BCUT2D eigenvalue weighted by Gasteiger charge is 2.14. The molecule has 1 aromatic carbocycles. The molecule has 5 heteroatoms. The average Bonchev–Trinajstić information content (AvgIpc) is 2.10. The van der Waals surface area contributed by atoms with Crippen LogP contribution in [0.4, 0.5) is 14.5 Å². The van der Waals surface area contributed by atoms with E-state index in [1.165, 1.54) is 0 Å². The number of carbonyl (C=O) groups is 1. The van der Waals surface area contributed by atoms with Crippen LogP contribution < -0.4 is 5.32 Å². The molecule has 0 aromatic heterocycles. The van der Waals surface area contributed by atoms with Crippen molar-refractivity contribution in [2.75, 3.05) is 5.32 Å². The van der Waals surface area contributed by atoms with Crippen molar-refractivity contribution >= 4 is 27.5 Å². The molecule has 0 aliphatic carbocycles. The van der Waals surface area contributed by atoms with Crippen molar-refractivity contribution in [1.82, 2.24) is 0 Å². The van der Waals surface area contributed by atoms with Crippen molar-refractivity contribution in [2.45, 2.75) is 13.8 Å². The highest BCUT2D eigenvalue weighted by Crippen LogP contribution is 2.27. The first-order valence-corrected chi connectivity index (χ1v) is 5.16. The van der Waals surface area contributed by atoms with Gasteiger partial charge in [0.25, 0.3) is 0 Å². The van der Waals surface area contributed by atoms with Crippen LogP contribution in [0, 0.1) is 17.6 Å². The van der Waals surface area contributed by atoms with Crippen LogP contribution in [0.5, 0.6) is 0 Å². The Morgan fingerprint density at radius 2 is 2.00 bits per heavy atom. The van der Waals surface area contributed by atoms with E-state index in [0.29, 0.717) is 0 Å². The molecule has 0 heterocycles. The molecule has 1 rings (SSSR count). The van der Waals surface area contributed by atoms with Gasteiger partial charge in [0, 0.05) is 16.5 Å². The van der Waals surface area contributed by atoms with Gasteiger partial charge in [-0.2, -0.15) is 0 Å². The summed E-state index contributed by atoms with van der Waals surface area (Å²) in [6.07, 6.45) is 0. The third kappa shape index (κ3) is 2.99. The summed E-state index contributed by atoms with van der Waals surface area (Å²) in [5, 5.41) is 2.38. The SMILES string of the molecule is CC(C)C(=O)Nc1c(F)cc(F)cc1Br. The number of hydrogen-bond acceptors (Lipinski definition) is 1. The van der Waals surface area contributed by atoms with Crippen LogP contribution in [0.1, 0.15) is 13.8 Å². The summed E-state index contributed by atoms with van der Waals surface area (Å²) >= 11 is 2.98. The minimum Gasteiger partial charge on any atom is -0.322 e. The van der Waals surface area contributed by atoms with E-state index >= 15 is 0 Å². The van der Waals surface area contributed by atoms with Crippen molar-refractivity contribution in [3.8, 4) is 0 Å². The second-order valence-corrected chi connectivity index (χ2v) is 4.24. The van der Waals surface area contributed by atoms with Gasteiger partial charge in [-0.15, -0.1) is 0 Å². The van der Waals surface area contributed by atoms with Crippen molar-refractivity contribution in [3.63, 3.8) is 0 Å². The van der Waals surface area contributed by atoms with Gasteiger partial charge in [0.1, 0.15) is 5.82 Å². The fourth-order valence-electron chi connectivity index (χ4n) is 0.929. The number of rotatable bonds is 2. The van der Waals surface area contributed by atoms with Gasteiger partial charge < -0.3 is 5.32 Å². The molecular formula is C10H10BrF2NO. The van der Waals surface area contributed by atoms with Crippen LogP contribution in [0.2, 0.25) is 0 Å². The first-order valence-electron chi connectivity index (χ1n) is 4.37. The van der Waals surface area contributed by atoms with E-state index in [9.17, 15) is 13.6 Å². The molecule has 82 valence electrons. The van der Waals surface area contributed by atoms with Gasteiger partial charge in [0.15, 0.2) is 5.82 Å². The largest absolute Gasteiger partial charge is 0.322 e. The fraction of sp³-hybridized carbons (Fsp3) is 0.300. The number of benzene rings is 1. The smallest absolute Gasteiger partial charge is 0.227 e.